The third-order valence-electron chi connectivity index (χ3n) is 4.06. The van der Waals surface area contributed by atoms with Crippen LogP contribution in [0.1, 0.15) is 30.5 Å². The molecule has 2 rings (SSSR count). The van der Waals surface area contributed by atoms with E-state index in [1.807, 2.05) is 0 Å². The minimum absolute atomic E-state index is 0.867. The van der Waals surface area contributed by atoms with Gasteiger partial charge in [-0.3, -0.25) is 0 Å². The van der Waals surface area contributed by atoms with E-state index in [4.69, 9.17) is 0 Å². The maximum absolute atomic E-state index is 3.49. The summed E-state index contributed by atoms with van der Waals surface area (Å²) in [6.45, 7) is 11.7. The topological polar surface area (TPSA) is 15.3 Å². The van der Waals surface area contributed by atoms with Gasteiger partial charge < -0.3 is 10.2 Å². The highest BCUT2D eigenvalue weighted by molar-refractivity contribution is 5.55. The number of rotatable bonds is 6. The molecule has 0 saturated carbocycles. The van der Waals surface area contributed by atoms with Gasteiger partial charge in [0.2, 0.25) is 0 Å². The van der Waals surface area contributed by atoms with E-state index < -0.39 is 0 Å². The van der Waals surface area contributed by atoms with Crippen LogP contribution in [0, 0.1) is 13.8 Å². The lowest BCUT2D eigenvalue weighted by molar-refractivity contribution is 0.866. The summed E-state index contributed by atoms with van der Waals surface area (Å²) < 4.78 is 0. The monoisotopic (exact) mass is 282 g/mol. The zero-order chi connectivity index (χ0) is 15.2. The molecule has 0 fully saturated rings. The molecule has 0 unspecified atom stereocenters. The van der Waals surface area contributed by atoms with Gasteiger partial charge in [0.1, 0.15) is 0 Å². The molecule has 0 atom stereocenters. The molecule has 0 heterocycles. The largest absolute Gasteiger partial charge is 0.381 e. The van der Waals surface area contributed by atoms with E-state index >= 15 is 0 Å². The molecule has 2 aromatic carbocycles. The van der Waals surface area contributed by atoms with Crippen LogP contribution in [0.5, 0.6) is 0 Å². The van der Waals surface area contributed by atoms with E-state index in [0.29, 0.717) is 0 Å². The lowest BCUT2D eigenvalue weighted by Crippen LogP contribution is -2.21. The molecule has 1 N–H and O–H groups in total. The Balaban J connectivity index is 1.98. The molecule has 2 heteroatoms. The Hall–Kier alpha value is -1.96. The van der Waals surface area contributed by atoms with Gasteiger partial charge in [-0.1, -0.05) is 18.2 Å². The molecule has 21 heavy (non-hydrogen) atoms. The van der Waals surface area contributed by atoms with Crippen molar-refractivity contribution in [3.63, 3.8) is 0 Å². The van der Waals surface area contributed by atoms with Gasteiger partial charge in [0.25, 0.3) is 0 Å². The Kier molecular flexibility index (Phi) is 5.26. The van der Waals surface area contributed by atoms with Gasteiger partial charge in [-0.2, -0.15) is 0 Å². The van der Waals surface area contributed by atoms with Gasteiger partial charge in [0.15, 0.2) is 0 Å². The van der Waals surface area contributed by atoms with Crippen molar-refractivity contribution in [3.05, 3.63) is 59.2 Å². The standard InChI is InChI=1S/C19H26N2/c1-5-21(6-2)19-11-9-18(10-12-19)20-14-17-8-7-15(3)16(4)13-17/h7-13,20H,5-6,14H2,1-4H3. The maximum Gasteiger partial charge on any atom is 0.0400 e. The van der Waals surface area contributed by atoms with Crippen LogP contribution in [-0.2, 0) is 6.54 Å². The van der Waals surface area contributed by atoms with Crippen molar-refractivity contribution >= 4 is 11.4 Å². The summed E-state index contributed by atoms with van der Waals surface area (Å²) in [5.74, 6) is 0. The maximum atomic E-state index is 3.49. The molecule has 0 spiro atoms. The van der Waals surface area contributed by atoms with Gasteiger partial charge >= 0.3 is 0 Å². The highest BCUT2D eigenvalue weighted by Gasteiger charge is 2.01. The van der Waals surface area contributed by atoms with Crippen LogP contribution >= 0.6 is 0 Å². The van der Waals surface area contributed by atoms with Crippen LogP contribution < -0.4 is 10.2 Å². The third kappa shape index (κ3) is 4.01. The number of aryl methyl sites for hydroxylation is 2. The minimum atomic E-state index is 0.867. The highest BCUT2D eigenvalue weighted by atomic mass is 15.1. The second-order valence-corrected chi connectivity index (χ2v) is 5.49. The van der Waals surface area contributed by atoms with Crippen LogP contribution in [0.25, 0.3) is 0 Å². The Bertz CT molecular complexity index is 569. The average Bonchev–Trinajstić information content (AvgIpc) is 2.51. The second-order valence-electron chi connectivity index (χ2n) is 5.49. The van der Waals surface area contributed by atoms with E-state index in [2.05, 4.69) is 80.4 Å². The Labute approximate surface area is 128 Å². The number of nitrogens with zero attached hydrogens (tertiary/aromatic N) is 1. The fourth-order valence-electron chi connectivity index (χ4n) is 2.50. The molecule has 0 aliphatic carbocycles. The van der Waals surface area contributed by atoms with Gasteiger partial charge in [0.05, 0.1) is 0 Å². The van der Waals surface area contributed by atoms with Crippen LogP contribution in [0.3, 0.4) is 0 Å². The highest BCUT2D eigenvalue weighted by Crippen LogP contribution is 2.18. The molecule has 2 aromatic rings. The Morgan fingerprint density at radius 1 is 0.857 bits per heavy atom. The average molecular weight is 282 g/mol. The summed E-state index contributed by atoms with van der Waals surface area (Å²) in [6, 6.07) is 15.3. The molecule has 112 valence electrons. The molecule has 0 bridgehead atoms. The summed E-state index contributed by atoms with van der Waals surface area (Å²) in [4.78, 5) is 2.35. The predicted octanol–water partition coefficient (Wildman–Crippen LogP) is 4.76. The van der Waals surface area contributed by atoms with E-state index in [-0.39, 0.29) is 0 Å². The molecular weight excluding hydrogens is 256 g/mol. The van der Waals surface area contributed by atoms with Crippen molar-refractivity contribution in [2.75, 3.05) is 23.3 Å². The quantitative estimate of drug-likeness (QED) is 0.821. The van der Waals surface area contributed by atoms with Crippen molar-refractivity contribution < 1.29 is 0 Å². The van der Waals surface area contributed by atoms with E-state index in [1.165, 1.54) is 28.1 Å². The van der Waals surface area contributed by atoms with Gasteiger partial charge in [-0.05, 0) is 68.7 Å². The smallest absolute Gasteiger partial charge is 0.0400 e. The van der Waals surface area contributed by atoms with Gasteiger partial charge in [-0.25, -0.2) is 0 Å². The lowest BCUT2D eigenvalue weighted by Gasteiger charge is -2.21. The normalized spacial score (nSPS) is 10.5. The first kappa shape index (κ1) is 15.4. The molecule has 0 amide bonds. The van der Waals surface area contributed by atoms with Gasteiger partial charge in [-0.15, -0.1) is 0 Å². The first-order chi connectivity index (χ1) is 10.1. The summed E-state index contributed by atoms with van der Waals surface area (Å²) in [5, 5.41) is 3.49. The molecule has 0 aliphatic heterocycles. The summed E-state index contributed by atoms with van der Waals surface area (Å²) >= 11 is 0. The number of hydrogen-bond acceptors (Lipinski definition) is 2. The SMILES string of the molecule is CCN(CC)c1ccc(NCc2ccc(C)c(C)c2)cc1. The lowest BCUT2D eigenvalue weighted by atomic mass is 10.1. The van der Waals surface area contributed by atoms with E-state index in [9.17, 15) is 0 Å². The first-order valence-electron chi connectivity index (χ1n) is 7.79. The van der Waals surface area contributed by atoms with Crippen LogP contribution in [0.2, 0.25) is 0 Å². The number of nitrogens with one attached hydrogen (secondary N) is 1. The summed E-state index contributed by atoms with van der Waals surface area (Å²) in [7, 11) is 0. The van der Waals surface area contributed by atoms with Crippen molar-refractivity contribution in [3.8, 4) is 0 Å². The molecule has 0 aromatic heterocycles. The van der Waals surface area contributed by atoms with Crippen LogP contribution in [0.15, 0.2) is 42.5 Å². The number of benzene rings is 2. The molecule has 2 nitrogen and oxygen atoms in total. The minimum Gasteiger partial charge on any atom is -0.381 e. The van der Waals surface area contributed by atoms with Crippen molar-refractivity contribution in [1.82, 2.24) is 0 Å². The van der Waals surface area contributed by atoms with Crippen LogP contribution in [0.4, 0.5) is 11.4 Å². The van der Waals surface area contributed by atoms with Gasteiger partial charge in [0, 0.05) is 31.0 Å². The Morgan fingerprint density at radius 2 is 1.52 bits per heavy atom. The third-order valence-corrected chi connectivity index (χ3v) is 4.06. The van der Waals surface area contributed by atoms with E-state index in [0.717, 1.165) is 19.6 Å². The second kappa shape index (κ2) is 7.16. The summed E-state index contributed by atoms with van der Waals surface area (Å²) in [5.41, 5.74) is 6.49. The molecule has 0 aliphatic rings. The number of anilines is 2. The van der Waals surface area contributed by atoms with Crippen molar-refractivity contribution in [2.45, 2.75) is 34.2 Å². The fraction of sp³-hybridized carbons (Fsp3) is 0.368. The number of hydrogen-bond donors (Lipinski definition) is 1. The molecule has 0 saturated heterocycles. The Morgan fingerprint density at radius 3 is 2.10 bits per heavy atom. The molecular formula is C19H26N2. The van der Waals surface area contributed by atoms with E-state index in [1.54, 1.807) is 0 Å². The summed E-state index contributed by atoms with van der Waals surface area (Å²) in [6.07, 6.45) is 0. The zero-order valence-corrected chi connectivity index (χ0v) is 13.6. The van der Waals surface area contributed by atoms with Crippen LogP contribution in [-0.4, -0.2) is 13.1 Å². The zero-order valence-electron chi connectivity index (χ0n) is 13.6. The van der Waals surface area contributed by atoms with Crippen molar-refractivity contribution in [2.24, 2.45) is 0 Å². The molecule has 0 radical (unpaired) electrons. The van der Waals surface area contributed by atoms with Crippen molar-refractivity contribution in [1.29, 1.82) is 0 Å². The predicted molar refractivity (Wildman–Crippen MR) is 93.2 cm³/mol. The first-order valence-corrected chi connectivity index (χ1v) is 7.79. The fourth-order valence-corrected chi connectivity index (χ4v) is 2.50.